The minimum atomic E-state index is -0.348. The van der Waals surface area contributed by atoms with Crippen LogP contribution in [0.1, 0.15) is 55.0 Å². The standard InChI is InChI=1S/C26H34N6O2/c1-26(2)8-6-19(7-9-26)22-16-21(32-12-10-31(11-13-32)14-15-34-3)4-5-23(22)30-25(33)24-28-18-20(17-27)29-24/h4-6,16,18H,7-15H2,1-3H3,(H,28,29)(H,30,33). The molecule has 1 aliphatic heterocycles. The zero-order valence-corrected chi connectivity index (χ0v) is 20.4. The molecule has 0 spiro atoms. The van der Waals surface area contributed by atoms with Crippen LogP contribution in [0.5, 0.6) is 0 Å². The minimum Gasteiger partial charge on any atom is -0.383 e. The van der Waals surface area contributed by atoms with E-state index in [4.69, 9.17) is 10.00 Å². The van der Waals surface area contributed by atoms with Gasteiger partial charge in [0.1, 0.15) is 11.8 Å². The second kappa shape index (κ2) is 10.4. The molecule has 0 atom stereocenters. The summed E-state index contributed by atoms with van der Waals surface area (Å²) >= 11 is 0. The Balaban J connectivity index is 1.57. The number of imidazole rings is 1. The lowest BCUT2D eigenvalue weighted by atomic mass is 9.77. The summed E-state index contributed by atoms with van der Waals surface area (Å²) < 4.78 is 5.22. The molecule has 1 aliphatic carbocycles. The number of H-pyrrole nitrogens is 1. The van der Waals surface area contributed by atoms with Gasteiger partial charge >= 0.3 is 0 Å². The Kier molecular flexibility index (Phi) is 7.35. The van der Waals surface area contributed by atoms with Crippen molar-refractivity contribution >= 4 is 22.9 Å². The monoisotopic (exact) mass is 462 g/mol. The summed E-state index contributed by atoms with van der Waals surface area (Å²) in [6.07, 6.45) is 6.79. The molecule has 0 saturated carbocycles. The summed E-state index contributed by atoms with van der Waals surface area (Å²) in [5, 5.41) is 12.0. The third-order valence-corrected chi connectivity index (χ3v) is 6.83. The number of benzene rings is 1. The van der Waals surface area contributed by atoms with Crippen LogP contribution in [0.25, 0.3) is 5.57 Å². The van der Waals surface area contributed by atoms with Crippen LogP contribution in [0, 0.1) is 16.7 Å². The third-order valence-electron chi connectivity index (χ3n) is 6.83. The summed E-state index contributed by atoms with van der Waals surface area (Å²) in [7, 11) is 1.74. The van der Waals surface area contributed by atoms with E-state index in [9.17, 15) is 4.79 Å². The molecule has 34 heavy (non-hydrogen) atoms. The number of nitriles is 1. The molecule has 0 radical (unpaired) electrons. The van der Waals surface area contributed by atoms with Crippen molar-refractivity contribution in [3.8, 4) is 6.07 Å². The van der Waals surface area contributed by atoms with Crippen molar-refractivity contribution < 1.29 is 9.53 Å². The van der Waals surface area contributed by atoms with Crippen molar-refractivity contribution in [2.75, 3.05) is 56.7 Å². The fourth-order valence-corrected chi connectivity index (χ4v) is 4.55. The lowest BCUT2D eigenvalue weighted by Gasteiger charge is -2.36. The maximum absolute atomic E-state index is 12.8. The maximum atomic E-state index is 12.8. The molecule has 8 nitrogen and oxygen atoms in total. The Morgan fingerprint density at radius 1 is 1.29 bits per heavy atom. The second-order valence-electron chi connectivity index (χ2n) is 9.86. The molecule has 2 aromatic rings. The molecule has 1 aromatic carbocycles. The number of aromatic amines is 1. The maximum Gasteiger partial charge on any atom is 0.291 e. The Morgan fingerprint density at radius 3 is 2.74 bits per heavy atom. The Hall–Kier alpha value is -3.15. The third kappa shape index (κ3) is 5.66. The van der Waals surface area contributed by atoms with Crippen LogP contribution in [0.2, 0.25) is 0 Å². The molecule has 180 valence electrons. The van der Waals surface area contributed by atoms with Crippen LogP contribution < -0.4 is 10.2 Å². The summed E-state index contributed by atoms with van der Waals surface area (Å²) in [6, 6.07) is 8.27. The van der Waals surface area contributed by atoms with Crippen LogP contribution in [0.15, 0.2) is 30.5 Å². The average molecular weight is 463 g/mol. The number of methoxy groups -OCH3 is 1. The summed E-state index contributed by atoms with van der Waals surface area (Å²) in [5.74, 6) is -0.212. The molecule has 0 unspecified atom stereocenters. The fraction of sp³-hybridized carbons (Fsp3) is 0.500. The molecule has 4 rings (SSSR count). The van der Waals surface area contributed by atoms with E-state index in [0.717, 1.165) is 69.8 Å². The quantitative estimate of drug-likeness (QED) is 0.648. The molecule has 2 N–H and O–H groups in total. The van der Waals surface area contributed by atoms with Gasteiger partial charge in [0.2, 0.25) is 0 Å². The van der Waals surface area contributed by atoms with E-state index in [1.165, 1.54) is 17.5 Å². The summed E-state index contributed by atoms with van der Waals surface area (Å²) in [4.78, 5) is 24.5. The van der Waals surface area contributed by atoms with Gasteiger partial charge in [-0.15, -0.1) is 0 Å². The number of hydrogen-bond acceptors (Lipinski definition) is 6. The molecule has 1 amide bonds. The van der Waals surface area contributed by atoms with Gasteiger partial charge in [0.25, 0.3) is 5.91 Å². The lowest BCUT2D eigenvalue weighted by Crippen LogP contribution is -2.47. The number of ether oxygens (including phenoxy) is 1. The Bertz CT molecular complexity index is 1090. The molecule has 0 bridgehead atoms. The number of anilines is 2. The first-order valence-electron chi connectivity index (χ1n) is 11.9. The van der Waals surface area contributed by atoms with E-state index in [0.29, 0.717) is 5.41 Å². The predicted molar refractivity (Wildman–Crippen MR) is 134 cm³/mol. The van der Waals surface area contributed by atoms with E-state index in [1.807, 2.05) is 12.1 Å². The van der Waals surface area contributed by atoms with E-state index in [-0.39, 0.29) is 17.4 Å². The first kappa shape index (κ1) is 24.0. The predicted octanol–water partition coefficient (Wildman–Crippen LogP) is 3.90. The second-order valence-corrected chi connectivity index (χ2v) is 9.86. The summed E-state index contributed by atoms with van der Waals surface area (Å²) in [6.45, 7) is 10.3. The van der Waals surface area contributed by atoms with E-state index in [1.54, 1.807) is 7.11 Å². The van der Waals surface area contributed by atoms with E-state index >= 15 is 0 Å². The van der Waals surface area contributed by atoms with Gasteiger partial charge in [-0.1, -0.05) is 19.9 Å². The van der Waals surface area contributed by atoms with Crippen molar-refractivity contribution in [1.82, 2.24) is 14.9 Å². The first-order chi connectivity index (χ1) is 16.4. The highest BCUT2D eigenvalue weighted by molar-refractivity contribution is 6.03. The van der Waals surface area contributed by atoms with Crippen LogP contribution in [-0.2, 0) is 4.74 Å². The number of aromatic nitrogens is 2. The SMILES string of the molecule is COCCN1CCN(c2ccc(NC(=O)c3ncc(C#N)[nH]3)c(C3=CCC(C)(C)CC3)c2)CC1. The summed E-state index contributed by atoms with van der Waals surface area (Å²) in [5.41, 5.74) is 4.85. The number of amides is 1. The largest absolute Gasteiger partial charge is 0.383 e. The van der Waals surface area contributed by atoms with Gasteiger partial charge in [-0.2, -0.15) is 5.26 Å². The van der Waals surface area contributed by atoms with E-state index in [2.05, 4.69) is 57.1 Å². The van der Waals surface area contributed by atoms with Gasteiger partial charge in [-0.05, 0) is 48.4 Å². The number of rotatable bonds is 7. The topological polar surface area (TPSA) is 97.3 Å². The minimum absolute atomic E-state index is 0.137. The zero-order chi connectivity index (χ0) is 24.1. The van der Waals surface area contributed by atoms with Gasteiger partial charge < -0.3 is 19.9 Å². The van der Waals surface area contributed by atoms with Crippen molar-refractivity contribution in [3.05, 3.63) is 47.6 Å². The lowest BCUT2D eigenvalue weighted by molar-refractivity contribution is 0.101. The average Bonchev–Trinajstić information content (AvgIpc) is 3.33. The zero-order valence-electron chi connectivity index (χ0n) is 20.4. The van der Waals surface area contributed by atoms with Gasteiger partial charge in [0.05, 0.1) is 12.8 Å². The van der Waals surface area contributed by atoms with Crippen LogP contribution in [0.4, 0.5) is 11.4 Å². The van der Waals surface area contributed by atoms with Crippen LogP contribution in [-0.4, -0.2) is 67.2 Å². The Morgan fingerprint density at radius 2 is 2.09 bits per heavy atom. The number of carbonyl (C=O) groups excluding carboxylic acids is 1. The van der Waals surface area contributed by atoms with Crippen molar-refractivity contribution in [1.29, 1.82) is 5.26 Å². The number of nitrogens with one attached hydrogen (secondary N) is 2. The van der Waals surface area contributed by atoms with Gasteiger partial charge in [0, 0.05) is 56.8 Å². The molecule has 2 aliphatic rings. The van der Waals surface area contributed by atoms with Gasteiger partial charge in [-0.25, -0.2) is 4.98 Å². The molecule has 8 heteroatoms. The normalized spacial score (nSPS) is 18.3. The molecule has 1 fully saturated rings. The number of nitrogens with zero attached hydrogens (tertiary/aromatic N) is 4. The molecule has 1 aromatic heterocycles. The number of piperazine rings is 1. The van der Waals surface area contributed by atoms with Gasteiger partial charge in [0.15, 0.2) is 5.82 Å². The van der Waals surface area contributed by atoms with Crippen LogP contribution >= 0.6 is 0 Å². The molecular weight excluding hydrogens is 428 g/mol. The first-order valence-corrected chi connectivity index (χ1v) is 11.9. The Labute approximate surface area is 201 Å². The van der Waals surface area contributed by atoms with Crippen molar-refractivity contribution in [2.45, 2.75) is 33.1 Å². The molecule has 1 saturated heterocycles. The molecular formula is C26H34N6O2. The highest BCUT2D eigenvalue weighted by Gasteiger charge is 2.25. The van der Waals surface area contributed by atoms with Crippen molar-refractivity contribution in [3.63, 3.8) is 0 Å². The smallest absolute Gasteiger partial charge is 0.291 e. The van der Waals surface area contributed by atoms with Crippen molar-refractivity contribution in [2.24, 2.45) is 5.41 Å². The highest BCUT2D eigenvalue weighted by Crippen LogP contribution is 2.41. The number of carbonyl (C=O) groups is 1. The van der Waals surface area contributed by atoms with Crippen LogP contribution in [0.3, 0.4) is 0 Å². The van der Waals surface area contributed by atoms with Gasteiger partial charge in [-0.3, -0.25) is 9.69 Å². The number of allylic oxidation sites excluding steroid dienone is 2. The molecule has 2 heterocycles. The fourth-order valence-electron chi connectivity index (χ4n) is 4.55. The number of hydrogen-bond donors (Lipinski definition) is 2. The van der Waals surface area contributed by atoms with E-state index < -0.39 is 0 Å². The highest BCUT2D eigenvalue weighted by atomic mass is 16.5.